The second-order valence-corrected chi connectivity index (χ2v) is 6.22. The summed E-state index contributed by atoms with van der Waals surface area (Å²) in [6.07, 6.45) is 5.79. The highest BCUT2D eigenvalue weighted by atomic mass is 16.5. The summed E-state index contributed by atoms with van der Waals surface area (Å²) in [6.45, 7) is 8.81. The monoisotopic (exact) mass is 241 g/mol. The van der Waals surface area contributed by atoms with Crippen LogP contribution in [0.25, 0.3) is 0 Å². The summed E-state index contributed by atoms with van der Waals surface area (Å²) in [6, 6.07) is 0.366. The molecular weight excluding hydrogens is 214 g/mol. The maximum atomic E-state index is 11.9. The molecule has 3 nitrogen and oxygen atoms in total. The van der Waals surface area contributed by atoms with Gasteiger partial charge < -0.3 is 10.1 Å². The minimum absolute atomic E-state index is 0.0886. The number of carbonyl (C=O) groups excluding carboxylic acids is 1. The van der Waals surface area contributed by atoms with Crippen LogP contribution in [0.1, 0.15) is 59.8 Å². The lowest BCUT2D eigenvalue weighted by Crippen LogP contribution is -2.45. The highest BCUT2D eigenvalue weighted by Crippen LogP contribution is 2.24. The predicted octanol–water partition coefficient (Wildman–Crippen LogP) is 2.89. The van der Waals surface area contributed by atoms with E-state index in [9.17, 15) is 4.79 Å². The number of carbonyl (C=O) groups is 1. The van der Waals surface area contributed by atoms with E-state index >= 15 is 0 Å². The Morgan fingerprint density at radius 1 is 1.35 bits per heavy atom. The average molecular weight is 241 g/mol. The Hall–Kier alpha value is -0.570. The zero-order chi connectivity index (χ0) is 12.9. The molecule has 0 amide bonds. The van der Waals surface area contributed by atoms with E-state index in [-0.39, 0.29) is 17.4 Å². The molecule has 100 valence electrons. The molecule has 0 radical (unpaired) electrons. The van der Waals surface area contributed by atoms with Crippen LogP contribution in [0.5, 0.6) is 0 Å². The molecule has 1 fully saturated rings. The number of esters is 1. The second-order valence-electron chi connectivity index (χ2n) is 6.22. The van der Waals surface area contributed by atoms with Gasteiger partial charge in [-0.3, -0.25) is 4.79 Å². The van der Waals surface area contributed by atoms with Crippen molar-refractivity contribution < 1.29 is 9.53 Å². The Kier molecular flexibility index (Phi) is 5.44. The molecule has 1 rings (SSSR count). The fourth-order valence-electron chi connectivity index (χ4n) is 2.44. The minimum Gasteiger partial charge on any atom is -0.465 e. The number of rotatable bonds is 5. The van der Waals surface area contributed by atoms with E-state index in [0.717, 1.165) is 6.42 Å². The summed E-state index contributed by atoms with van der Waals surface area (Å²) in [7, 11) is 0. The van der Waals surface area contributed by atoms with E-state index < -0.39 is 0 Å². The van der Waals surface area contributed by atoms with Gasteiger partial charge >= 0.3 is 5.97 Å². The maximum absolute atomic E-state index is 11.9. The third kappa shape index (κ3) is 5.53. The van der Waals surface area contributed by atoms with Gasteiger partial charge in [-0.1, -0.05) is 33.6 Å². The molecule has 0 bridgehead atoms. The van der Waals surface area contributed by atoms with Gasteiger partial charge in [0.05, 0.1) is 6.61 Å². The summed E-state index contributed by atoms with van der Waals surface area (Å²) >= 11 is 0. The first-order valence-corrected chi connectivity index (χ1v) is 6.85. The zero-order valence-corrected chi connectivity index (χ0v) is 11.7. The number of hydrogen-bond acceptors (Lipinski definition) is 3. The molecule has 0 aliphatic heterocycles. The summed E-state index contributed by atoms with van der Waals surface area (Å²) in [5.41, 5.74) is 0.142. The molecular formula is C14H27NO2. The van der Waals surface area contributed by atoms with Gasteiger partial charge in [0.15, 0.2) is 0 Å². The van der Waals surface area contributed by atoms with Crippen LogP contribution in [0.2, 0.25) is 0 Å². The Balaban J connectivity index is 2.54. The summed E-state index contributed by atoms with van der Waals surface area (Å²) in [5.74, 6) is -0.0886. The second kappa shape index (κ2) is 6.39. The normalized spacial score (nSPS) is 19.3. The van der Waals surface area contributed by atoms with Gasteiger partial charge in [-0.25, -0.2) is 0 Å². The standard InChI is InChI=1S/C14H27NO2/c1-5-17-13(16)12(10-14(2,3)4)15-11-8-6-7-9-11/h11-12,15H,5-10H2,1-4H3. The van der Waals surface area contributed by atoms with Crippen LogP contribution in [0.4, 0.5) is 0 Å². The van der Waals surface area contributed by atoms with E-state index in [1.165, 1.54) is 25.7 Å². The summed E-state index contributed by atoms with van der Waals surface area (Å²) in [5, 5.41) is 3.48. The van der Waals surface area contributed by atoms with Crippen molar-refractivity contribution in [2.75, 3.05) is 6.61 Å². The quantitative estimate of drug-likeness (QED) is 0.752. The van der Waals surface area contributed by atoms with Crippen LogP contribution in [-0.2, 0) is 9.53 Å². The van der Waals surface area contributed by atoms with Gasteiger partial charge in [-0.15, -0.1) is 0 Å². The van der Waals surface area contributed by atoms with E-state index in [4.69, 9.17) is 4.74 Å². The molecule has 1 saturated carbocycles. The molecule has 0 saturated heterocycles. The first kappa shape index (κ1) is 14.5. The zero-order valence-electron chi connectivity index (χ0n) is 11.7. The van der Waals surface area contributed by atoms with E-state index in [1.807, 2.05) is 6.92 Å². The Labute approximate surface area is 105 Å². The van der Waals surface area contributed by atoms with Gasteiger partial charge in [0.25, 0.3) is 0 Å². The molecule has 0 aromatic carbocycles. The molecule has 1 aliphatic rings. The highest BCUT2D eigenvalue weighted by molar-refractivity contribution is 5.75. The lowest BCUT2D eigenvalue weighted by atomic mass is 9.87. The van der Waals surface area contributed by atoms with Crippen LogP contribution in [-0.4, -0.2) is 24.7 Å². The lowest BCUT2D eigenvalue weighted by Gasteiger charge is -2.27. The molecule has 1 unspecified atom stereocenters. The molecule has 1 N–H and O–H groups in total. The van der Waals surface area contributed by atoms with Crippen LogP contribution < -0.4 is 5.32 Å². The summed E-state index contributed by atoms with van der Waals surface area (Å²) in [4.78, 5) is 11.9. The summed E-state index contributed by atoms with van der Waals surface area (Å²) < 4.78 is 5.16. The maximum Gasteiger partial charge on any atom is 0.323 e. The van der Waals surface area contributed by atoms with Gasteiger partial charge in [0, 0.05) is 6.04 Å². The van der Waals surface area contributed by atoms with Crippen molar-refractivity contribution in [3.05, 3.63) is 0 Å². The van der Waals surface area contributed by atoms with Gasteiger partial charge in [-0.05, 0) is 31.6 Å². The molecule has 0 spiro atoms. The number of nitrogens with one attached hydrogen (secondary N) is 1. The third-order valence-corrected chi connectivity index (χ3v) is 3.18. The lowest BCUT2D eigenvalue weighted by molar-refractivity contribution is -0.146. The van der Waals surface area contributed by atoms with E-state index in [1.54, 1.807) is 0 Å². The van der Waals surface area contributed by atoms with E-state index in [0.29, 0.717) is 12.6 Å². The Bertz CT molecular complexity index is 239. The van der Waals surface area contributed by atoms with Crippen molar-refractivity contribution in [1.29, 1.82) is 0 Å². The largest absolute Gasteiger partial charge is 0.465 e. The highest BCUT2D eigenvalue weighted by Gasteiger charge is 2.29. The van der Waals surface area contributed by atoms with Crippen molar-refractivity contribution in [2.24, 2.45) is 5.41 Å². The first-order valence-electron chi connectivity index (χ1n) is 6.85. The van der Waals surface area contributed by atoms with Crippen molar-refractivity contribution in [3.8, 4) is 0 Å². The van der Waals surface area contributed by atoms with Crippen LogP contribution >= 0.6 is 0 Å². The molecule has 0 aromatic heterocycles. The number of hydrogen-bond donors (Lipinski definition) is 1. The van der Waals surface area contributed by atoms with Crippen LogP contribution in [0, 0.1) is 5.41 Å². The van der Waals surface area contributed by atoms with Gasteiger partial charge in [0.2, 0.25) is 0 Å². The van der Waals surface area contributed by atoms with Gasteiger partial charge in [0.1, 0.15) is 6.04 Å². The number of ether oxygens (including phenoxy) is 1. The molecule has 1 atom stereocenters. The van der Waals surface area contributed by atoms with Crippen molar-refractivity contribution in [2.45, 2.75) is 71.9 Å². The fraction of sp³-hybridized carbons (Fsp3) is 0.929. The van der Waals surface area contributed by atoms with Crippen LogP contribution in [0.3, 0.4) is 0 Å². The van der Waals surface area contributed by atoms with Gasteiger partial charge in [-0.2, -0.15) is 0 Å². The third-order valence-electron chi connectivity index (χ3n) is 3.18. The van der Waals surface area contributed by atoms with Crippen LogP contribution in [0.15, 0.2) is 0 Å². The predicted molar refractivity (Wildman–Crippen MR) is 69.9 cm³/mol. The van der Waals surface area contributed by atoms with Crippen molar-refractivity contribution >= 4 is 5.97 Å². The molecule has 1 aliphatic carbocycles. The molecule has 0 aromatic rings. The van der Waals surface area contributed by atoms with Crippen molar-refractivity contribution in [3.63, 3.8) is 0 Å². The Morgan fingerprint density at radius 3 is 2.41 bits per heavy atom. The fourth-order valence-corrected chi connectivity index (χ4v) is 2.44. The topological polar surface area (TPSA) is 38.3 Å². The van der Waals surface area contributed by atoms with E-state index in [2.05, 4.69) is 26.1 Å². The molecule has 3 heteroatoms. The SMILES string of the molecule is CCOC(=O)C(CC(C)(C)C)NC1CCCC1. The smallest absolute Gasteiger partial charge is 0.323 e. The Morgan fingerprint density at radius 2 is 1.94 bits per heavy atom. The minimum atomic E-state index is -0.141. The first-order chi connectivity index (χ1) is 7.92. The molecule has 0 heterocycles. The average Bonchev–Trinajstić information content (AvgIpc) is 2.67. The van der Waals surface area contributed by atoms with Crippen molar-refractivity contribution in [1.82, 2.24) is 5.32 Å². The molecule has 17 heavy (non-hydrogen) atoms.